The van der Waals surface area contributed by atoms with Gasteiger partial charge in [-0.15, -0.1) is 0 Å². The van der Waals surface area contributed by atoms with Gasteiger partial charge >= 0.3 is 0 Å². The lowest BCUT2D eigenvalue weighted by Gasteiger charge is -2.36. The predicted octanol–water partition coefficient (Wildman–Crippen LogP) is 3.73. The quantitative estimate of drug-likeness (QED) is 0.824. The molecule has 1 N–H and O–H groups in total. The number of benzene rings is 1. The van der Waals surface area contributed by atoms with E-state index < -0.39 is 26.1 Å². The maximum absolute atomic E-state index is 13.2. The lowest BCUT2D eigenvalue weighted by atomic mass is 9.70. The number of sulfonamides is 1. The smallest absolute Gasteiger partial charge is 0.244 e. The fourth-order valence-corrected chi connectivity index (χ4v) is 4.93. The first kappa shape index (κ1) is 20.2. The third-order valence-corrected chi connectivity index (χ3v) is 7.86. The van der Waals surface area contributed by atoms with E-state index in [1.54, 1.807) is 44.2 Å². The first-order chi connectivity index (χ1) is 13.2. The number of hydrogen-bond acceptors (Lipinski definition) is 5. The summed E-state index contributed by atoms with van der Waals surface area (Å²) in [5.74, 6) is -0.504. The molecule has 0 spiro atoms. The SMILES string of the molecule is CC(C)(c1ccc(C#N)cc1)S(=O)(=O)NC(=O)C1(c2ccoc2)CCCCC1. The van der Waals surface area contributed by atoms with E-state index in [4.69, 9.17) is 9.68 Å². The van der Waals surface area contributed by atoms with Crippen LogP contribution in [0.4, 0.5) is 0 Å². The second-order valence-corrected chi connectivity index (χ2v) is 10.0. The second-order valence-electron chi connectivity index (χ2n) is 7.79. The van der Waals surface area contributed by atoms with Gasteiger partial charge in [-0.3, -0.25) is 9.52 Å². The molecule has 1 aliphatic carbocycles. The van der Waals surface area contributed by atoms with Crippen LogP contribution in [0.1, 0.15) is 62.6 Å². The van der Waals surface area contributed by atoms with E-state index in [1.807, 2.05) is 6.07 Å². The van der Waals surface area contributed by atoms with Crippen molar-refractivity contribution < 1.29 is 17.6 Å². The highest BCUT2D eigenvalue weighted by atomic mass is 32.2. The van der Waals surface area contributed by atoms with Crippen molar-refractivity contribution in [2.45, 2.75) is 56.1 Å². The van der Waals surface area contributed by atoms with Crippen LogP contribution in [-0.2, 0) is 25.0 Å². The Morgan fingerprint density at radius 2 is 1.79 bits per heavy atom. The molecule has 1 aromatic heterocycles. The molecule has 1 heterocycles. The summed E-state index contributed by atoms with van der Waals surface area (Å²) in [4.78, 5) is 13.2. The maximum Gasteiger partial charge on any atom is 0.244 e. The minimum atomic E-state index is -4.02. The highest BCUT2D eigenvalue weighted by Crippen LogP contribution is 2.41. The first-order valence-electron chi connectivity index (χ1n) is 9.33. The van der Waals surface area contributed by atoms with Gasteiger partial charge in [-0.05, 0) is 50.5 Å². The summed E-state index contributed by atoms with van der Waals surface area (Å²) in [6.07, 6.45) is 6.96. The Morgan fingerprint density at radius 3 is 2.32 bits per heavy atom. The number of carbonyl (C=O) groups is 1. The molecule has 0 radical (unpaired) electrons. The monoisotopic (exact) mass is 400 g/mol. The van der Waals surface area contributed by atoms with Crippen LogP contribution in [0.2, 0.25) is 0 Å². The number of carbonyl (C=O) groups excluding carboxylic acids is 1. The molecule has 28 heavy (non-hydrogen) atoms. The zero-order valence-corrected chi connectivity index (χ0v) is 16.9. The molecule has 1 amide bonds. The summed E-state index contributed by atoms with van der Waals surface area (Å²) in [5.41, 5.74) is 0.782. The molecule has 0 aliphatic heterocycles. The molecule has 148 valence electrons. The van der Waals surface area contributed by atoms with Crippen molar-refractivity contribution in [1.82, 2.24) is 4.72 Å². The zero-order chi connectivity index (χ0) is 20.4. The molecule has 1 aromatic carbocycles. The largest absolute Gasteiger partial charge is 0.472 e. The van der Waals surface area contributed by atoms with Crippen molar-refractivity contribution in [2.24, 2.45) is 0 Å². The van der Waals surface area contributed by atoms with Crippen molar-refractivity contribution in [3.05, 3.63) is 59.5 Å². The van der Waals surface area contributed by atoms with Crippen LogP contribution in [0.3, 0.4) is 0 Å². The van der Waals surface area contributed by atoms with Crippen molar-refractivity contribution >= 4 is 15.9 Å². The van der Waals surface area contributed by atoms with Crippen LogP contribution < -0.4 is 4.72 Å². The number of nitriles is 1. The van der Waals surface area contributed by atoms with E-state index in [9.17, 15) is 13.2 Å². The van der Waals surface area contributed by atoms with Gasteiger partial charge in [-0.2, -0.15) is 5.26 Å². The highest BCUT2D eigenvalue weighted by molar-refractivity contribution is 7.91. The highest BCUT2D eigenvalue weighted by Gasteiger charge is 2.46. The van der Waals surface area contributed by atoms with Crippen LogP contribution in [0.25, 0.3) is 0 Å². The van der Waals surface area contributed by atoms with E-state index in [0.29, 0.717) is 24.0 Å². The van der Waals surface area contributed by atoms with Crippen LogP contribution >= 0.6 is 0 Å². The van der Waals surface area contributed by atoms with E-state index in [2.05, 4.69) is 4.72 Å². The molecular formula is C21H24N2O4S. The number of rotatable bonds is 5. The van der Waals surface area contributed by atoms with E-state index in [-0.39, 0.29) is 0 Å². The molecule has 3 rings (SSSR count). The van der Waals surface area contributed by atoms with Crippen molar-refractivity contribution in [1.29, 1.82) is 5.26 Å². The predicted molar refractivity (Wildman–Crippen MR) is 105 cm³/mol. The third kappa shape index (κ3) is 3.45. The Bertz CT molecular complexity index is 978. The lowest BCUT2D eigenvalue weighted by Crippen LogP contribution is -2.51. The Labute approximate surface area is 165 Å². The summed E-state index contributed by atoms with van der Waals surface area (Å²) in [6, 6.07) is 10.1. The van der Waals surface area contributed by atoms with Crippen LogP contribution in [0, 0.1) is 11.3 Å². The Balaban J connectivity index is 1.91. The number of hydrogen-bond donors (Lipinski definition) is 1. The molecule has 1 fully saturated rings. The molecular weight excluding hydrogens is 376 g/mol. The molecule has 0 unspecified atom stereocenters. The van der Waals surface area contributed by atoms with Crippen LogP contribution in [0.15, 0.2) is 47.3 Å². The average molecular weight is 401 g/mol. The van der Waals surface area contributed by atoms with Gasteiger partial charge in [0.1, 0.15) is 4.75 Å². The topological polar surface area (TPSA) is 100 Å². The molecule has 0 atom stereocenters. The van der Waals surface area contributed by atoms with Gasteiger partial charge in [-0.1, -0.05) is 31.4 Å². The number of furan rings is 1. The molecule has 1 aliphatic rings. The number of nitrogens with one attached hydrogen (secondary N) is 1. The van der Waals surface area contributed by atoms with Crippen molar-refractivity contribution in [3.63, 3.8) is 0 Å². The fraction of sp³-hybridized carbons (Fsp3) is 0.429. The minimum absolute atomic E-state index is 0.446. The van der Waals surface area contributed by atoms with E-state index in [0.717, 1.165) is 24.8 Å². The van der Waals surface area contributed by atoms with Crippen LogP contribution in [0.5, 0.6) is 0 Å². The molecule has 2 aromatic rings. The summed E-state index contributed by atoms with van der Waals surface area (Å²) >= 11 is 0. The average Bonchev–Trinajstić information content (AvgIpc) is 3.23. The summed E-state index contributed by atoms with van der Waals surface area (Å²) < 4.78 is 32.5. The van der Waals surface area contributed by atoms with E-state index in [1.165, 1.54) is 12.5 Å². The molecule has 0 bridgehead atoms. The van der Waals surface area contributed by atoms with E-state index >= 15 is 0 Å². The first-order valence-corrected chi connectivity index (χ1v) is 10.8. The Morgan fingerprint density at radius 1 is 1.14 bits per heavy atom. The van der Waals surface area contributed by atoms with Gasteiger partial charge in [0.25, 0.3) is 0 Å². The van der Waals surface area contributed by atoms with Gasteiger partial charge < -0.3 is 4.42 Å². The standard InChI is InChI=1S/C21H24N2O4S/c1-20(2,17-8-6-16(14-22)7-9-17)28(25,26)23-19(24)21(11-4-3-5-12-21)18-10-13-27-15-18/h6-10,13,15H,3-5,11-12H2,1-2H3,(H,23,24). The third-order valence-electron chi connectivity index (χ3n) is 5.82. The number of amides is 1. The normalized spacial score (nSPS) is 16.9. The van der Waals surface area contributed by atoms with Crippen LogP contribution in [-0.4, -0.2) is 14.3 Å². The van der Waals surface area contributed by atoms with Gasteiger partial charge in [0.05, 0.1) is 29.6 Å². The lowest BCUT2D eigenvalue weighted by molar-refractivity contribution is -0.126. The minimum Gasteiger partial charge on any atom is -0.472 e. The Hall–Kier alpha value is -2.59. The van der Waals surface area contributed by atoms with Crippen molar-refractivity contribution in [2.75, 3.05) is 0 Å². The van der Waals surface area contributed by atoms with Gasteiger partial charge in [-0.25, -0.2) is 8.42 Å². The second kappa shape index (κ2) is 7.44. The fourth-order valence-electron chi connectivity index (χ4n) is 3.79. The summed E-state index contributed by atoms with van der Waals surface area (Å²) in [7, 11) is -4.02. The van der Waals surface area contributed by atoms with Crippen molar-refractivity contribution in [3.8, 4) is 6.07 Å². The Kier molecular flexibility index (Phi) is 5.35. The van der Waals surface area contributed by atoms with Gasteiger partial charge in [0, 0.05) is 5.56 Å². The molecule has 1 saturated carbocycles. The maximum atomic E-state index is 13.2. The molecule has 7 heteroatoms. The zero-order valence-electron chi connectivity index (χ0n) is 16.1. The van der Waals surface area contributed by atoms with Gasteiger partial charge in [0.2, 0.25) is 15.9 Å². The summed E-state index contributed by atoms with van der Waals surface area (Å²) in [6.45, 7) is 3.10. The van der Waals surface area contributed by atoms with Gasteiger partial charge in [0.15, 0.2) is 0 Å². The number of nitrogens with zero attached hydrogens (tertiary/aromatic N) is 1. The summed E-state index contributed by atoms with van der Waals surface area (Å²) in [5, 5.41) is 8.94. The molecule has 6 nitrogen and oxygen atoms in total. The molecule has 0 saturated heterocycles.